The van der Waals surface area contributed by atoms with Crippen molar-refractivity contribution in [3.8, 4) is 0 Å². The molecule has 1 aromatic carbocycles. The highest BCUT2D eigenvalue weighted by molar-refractivity contribution is 8.00. The van der Waals surface area contributed by atoms with E-state index in [1.807, 2.05) is 18.2 Å². The molecule has 1 fully saturated rings. The zero-order valence-electron chi connectivity index (χ0n) is 13.6. The van der Waals surface area contributed by atoms with Crippen molar-refractivity contribution in [2.45, 2.75) is 30.2 Å². The summed E-state index contributed by atoms with van der Waals surface area (Å²) < 4.78 is -0.581. The van der Waals surface area contributed by atoms with Gasteiger partial charge in [0.25, 0.3) is 0 Å². The van der Waals surface area contributed by atoms with E-state index < -0.39 is 16.8 Å². The molecule has 0 spiro atoms. The summed E-state index contributed by atoms with van der Waals surface area (Å²) in [5, 5.41) is 21.1. The Labute approximate surface area is 146 Å². The lowest BCUT2D eigenvalue weighted by atomic mass is 9.88. The van der Waals surface area contributed by atoms with Crippen LogP contribution >= 0.6 is 11.8 Å². The smallest absolute Gasteiger partial charge is 0.327 e. The first-order valence-electron chi connectivity index (χ1n) is 8.05. The van der Waals surface area contributed by atoms with Crippen molar-refractivity contribution < 1.29 is 19.8 Å². The third-order valence-corrected chi connectivity index (χ3v) is 6.05. The maximum Gasteiger partial charge on any atom is 0.327 e. The van der Waals surface area contributed by atoms with E-state index in [1.165, 1.54) is 17.3 Å². The second-order valence-electron chi connectivity index (χ2n) is 5.95. The number of nitrogens with zero attached hydrogens (tertiary/aromatic N) is 1. The Balaban J connectivity index is 2.05. The van der Waals surface area contributed by atoms with Gasteiger partial charge in [-0.05, 0) is 31.5 Å². The summed E-state index contributed by atoms with van der Waals surface area (Å²) in [5.41, 5.74) is 1.23. The number of aliphatic carboxylic acids is 1. The number of benzene rings is 1. The summed E-state index contributed by atoms with van der Waals surface area (Å²) in [6.45, 7) is 2.35. The number of carboxylic acid groups (broad SMARTS) is 1. The Morgan fingerprint density at radius 1 is 1.33 bits per heavy atom. The molecule has 0 aromatic heterocycles. The van der Waals surface area contributed by atoms with E-state index in [0.717, 1.165) is 19.6 Å². The molecule has 1 unspecified atom stereocenters. The lowest BCUT2D eigenvalue weighted by Crippen LogP contribution is -2.57. The van der Waals surface area contributed by atoms with Gasteiger partial charge in [0.15, 0.2) is 0 Å². The van der Waals surface area contributed by atoms with Crippen LogP contribution in [0.3, 0.4) is 0 Å². The first-order valence-corrected chi connectivity index (χ1v) is 9.03. The molecule has 3 N–H and O–H groups in total. The number of carbonyl (C=O) groups is 2. The Kier molecular flexibility index (Phi) is 7.08. The maximum atomic E-state index is 11.6. The third-order valence-electron chi connectivity index (χ3n) is 4.44. The quantitative estimate of drug-likeness (QED) is 0.573. The van der Waals surface area contributed by atoms with Crippen molar-refractivity contribution in [2.75, 3.05) is 25.4 Å². The largest absolute Gasteiger partial charge is 0.480 e. The predicted molar refractivity (Wildman–Crippen MR) is 93.9 cm³/mol. The Morgan fingerprint density at radius 3 is 2.54 bits per heavy atom. The lowest BCUT2D eigenvalue weighted by Gasteiger charge is -2.44. The van der Waals surface area contributed by atoms with Gasteiger partial charge >= 0.3 is 5.97 Å². The molecule has 132 valence electrons. The summed E-state index contributed by atoms with van der Waals surface area (Å²) in [5.74, 6) is -0.563. The van der Waals surface area contributed by atoms with E-state index in [1.54, 1.807) is 0 Å². The molecule has 6 nitrogen and oxygen atoms in total. The minimum absolute atomic E-state index is 0.00637. The zero-order chi connectivity index (χ0) is 17.4. The molecular weight excluding hydrogens is 328 g/mol. The van der Waals surface area contributed by atoms with Crippen LogP contribution in [-0.2, 0) is 16.1 Å². The second-order valence-corrected chi connectivity index (χ2v) is 7.46. The van der Waals surface area contributed by atoms with Crippen LogP contribution in [0.2, 0.25) is 0 Å². The molecule has 24 heavy (non-hydrogen) atoms. The van der Waals surface area contributed by atoms with Crippen LogP contribution in [0.25, 0.3) is 0 Å². The molecular formula is C17H24N2O4S. The number of hydrogen-bond acceptors (Lipinski definition) is 5. The standard InChI is InChI=1S/C17H24N2O4S/c20-10-11-24-17(15(16(22)23)18-13-21)6-8-19(9-7-17)12-14-4-2-1-3-5-14/h1-5,13,15,20H,6-12H2,(H,18,21)(H,22,23). The molecule has 1 atom stereocenters. The van der Waals surface area contributed by atoms with Gasteiger partial charge in [0.2, 0.25) is 6.41 Å². The third kappa shape index (κ3) is 4.72. The van der Waals surface area contributed by atoms with Crippen LogP contribution in [-0.4, -0.2) is 63.7 Å². The predicted octanol–water partition coefficient (Wildman–Crippen LogP) is 0.946. The van der Waals surface area contributed by atoms with Gasteiger partial charge in [-0.25, -0.2) is 4.79 Å². The van der Waals surface area contributed by atoms with E-state index in [-0.39, 0.29) is 6.61 Å². The van der Waals surface area contributed by atoms with Gasteiger partial charge < -0.3 is 15.5 Å². The highest BCUT2D eigenvalue weighted by Gasteiger charge is 2.45. The summed E-state index contributed by atoms with van der Waals surface area (Å²) in [6.07, 6.45) is 1.76. The maximum absolute atomic E-state index is 11.6. The molecule has 0 aliphatic carbocycles. The number of hydrogen-bond donors (Lipinski definition) is 3. The van der Waals surface area contributed by atoms with Crippen molar-refractivity contribution in [3.05, 3.63) is 35.9 Å². The first-order chi connectivity index (χ1) is 11.6. The summed E-state index contributed by atoms with van der Waals surface area (Å²) in [6, 6.07) is 9.22. The number of carbonyl (C=O) groups excluding carboxylic acids is 1. The van der Waals surface area contributed by atoms with Crippen LogP contribution < -0.4 is 5.32 Å². The highest BCUT2D eigenvalue weighted by Crippen LogP contribution is 2.39. The van der Waals surface area contributed by atoms with Crippen molar-refractivity contribution in [3.63, 3.8) is 0 Å². The fourth-order valence-corrected chi connectivity index (χ4v) is 4.52. The Bertz CT molecular complexity index is 533. The summed E-state index contributed by atoms with van der Waals surface area (Å²) in [4.78, 5) is 24.8. The molecule has 1 heterocycles. The van der Waals surface area contributed by atoms with Crippen LogP contribution in [0.5, 0.6) is 0 Å². The number of thioether (sulfide) groups is 1. The van der Waals surface area contributed by atoms with E-state index in [0.29, 0.717) is 25.0 Å². The number of piperidine rings is 1. The van der Waals surface area contributed by atoms with E-state index in [2.05, 4.69) is 22.3 Å². The number of likely N-dealkylation sites (tertiary alicyclic amines) is 1. The van der Waals surface area contributed by atoms with Crippen molar-refractivity contribution in [1.82, 2.24) is 10.2 Å². The van der Waals surface area contributed by atoms with E-state index in [9.17, 15) is 14.7 Å². The molecule has 7 heteroatoms. The monoisotopic (exact) mass is 352 g/mol. The molecule has 0 saturated carbocycles. The van der Waals surface area contributed by atoms with Crippen LogP contribution in [0.1, 0.15) is 18.4 Å². The minimum atomic E-state index is -1.02. The number of aliphatic hydroxyl groups is 1. The molecule has 1 saturated heterocycles. The molecule has 1 amide bonds. The Morgan fingerprint density at radius 2 is 2.00 bits per heavy atom. The van der Waals surface area contributed by atoms with Crippen molar-refractivity contribution in [1.29, 1.82) is 0 Å². The number of aliphatic hydroxyl groups excluding tert-OH is 1. The average Bonchev–Trinajstić information content (AvgIpc) is 2.60. The van der Waals surface area contributed by atoms with Crippen LogP contribution in [0, 0.1) is 0 Å². The number of amides is 1. The number of nitrogens with one attached hydrogen (secondary N) is 1. The first kappa shape index (κ1) is 18.8. The SMILES string of the molecule is O=CNC(C(=O)O)C1(SCCO)CCN(Cc2ccccc2)CC1. The molecule has 1 aliphatic rings. The molecule has 0 radical (unpaired) electrons. The molecule has 2 rings (SSSR count). The zero-order valence-corrected chi connectivity index (χ0v) is 14.4. The van der Waals surface area contributed by atoms with Crippen LogP contribution in [0.15, 0.2) is 30.3 Å². The topological polar surface area (TPSA) is 89.9 Å². The molecule has 1 aliphatic heterocycles. The van der Waals surface area contributed by atoms with E-state index in [4.69, 9.17) is 5.11 Å². The average molecular weight is 352 g/mol. The van der Waals surface area contributed by atoms with Gasteiger partial charge in [-0.15, -0.1) is 11.8 Å². The summed E-state index contributed by atoms with van der Waals surface area (Å²) in [7, 11) is 0. The van der Waals surface area contributed by atoms with Gasteiger partial charge in [0, 0.05) is 17.0 Å². The normalized spacial score (nSPS) is 18.7. The van der Waals surface area contributed by atoms with Gasteiger partial charge in [0.05, 0.1) is 6.61 Å². The van der Waals surface area contributed by atoms with Crippen molar-refractivity contribution >= 4 is 24.1 Å². The second kappa shape index (κ2) is 9.05. The molecule has 0 bridgehead atoms. The van der Waals surface area contributed by atoms with Gasteiger partial charge in [-0.3, -0.25) is 9.69 Å². The highest BCUT2D eigenvalue weighted by atomic mass is 32.2. The van der Waals surface area contributed by atoms with E-state index >= 15 is 0 Å². The fraction of sp³-hybridized carbons (Fsp3) is 0.529. The lowest BCUT2D eigenvalue weighted by molar-refractivity contribution is -0.142. The van der Waals surface area contributed by atoms with Crippen LogP contribution in [0.4, 0.5) is 0 Å². The van der Waals surface area contributed by atoms with Gasteiger partial charge in [0.1, 0.15) is 6.04 Å². The Hall–Kier alpha value is -1.57. The number of rotatable bonds is 9. The fourth-order valence-electron chi connectivity index (χ4n) is 3.21. The minimum Gasteiger partial charge on any atom is -0.480 e. The van der Waals surface area contributed by atoms with Gasteiger partial charge in [-0.1, -0.05) is 30.3 Å². The number of carboxylic acids is 1. The molecule has 1 aromatic rings. The van der Waals surface area contributed by atoms with Crippen molar-refractivity contribution in [2.24, 2.45) is 0 Å². The summed E-state index contributed by atoms with van der Waals surface area (Å²) >= 11 is 1.45. The van der Waals surface area contributed by atoms with Gasteiger partial charge in [-0.2, -0.15) is 0 Å².